The molecule has 0 amide bonds. The van der Waals surface area contributed by atoms with Crippen molar-refractivity contribution in [3.63, 3.8) is 0 Å². The molecule has 0 fully saturated rings. The average molecular weight is 227 g/mol. The van der Waals surface area contributed by atoms with Crippen LogP contribution in [0.2, 0.25) is 0 Å². The maximum absolute atomic E-state index is 5.90. The number of benzene rings is 2. The Morgan fingerprint density at radius 1 is 1.29 bits per heavy atom. The summed E-state index contributed by atoms with van der Waals surface area (Å²) in [5.74, 6) is 1.42. The van der Waals surface area contributed by atoms with Gasteiger partial charge in [0.25, 0.3) is 0 Å². The zero-order valence-corrected chi connectivity index (χ0v) is 10.1. The molecule has 0 heterocycles. The fourth-order valence-corrected chi connectivity index (χ4v) is 2.97. The summed E-state index contributed by atoms with van der Waals surface area (Å²) < 4.78 is 5.51. The van der Waals surface area contributed by atoms with Crippen LogP contribution in [-0.2, 0) is 6.42 Å². The van der Waals surface area contributed by atoms with E-state index in [1.807, 2.05) is 0 Å². The van der Waals surface area contributed by atoms with E-state index in [1.165, 1.54) is 21.9 Å². The number of aryl methyl sites for hydroxylation is 1. The number of rotatable bonds is 2. The van der Waals surface area contributed by atoms with E-state index in [9.17, 15) is 0 Å². The van der Waals surface area contributed by atoms with Crippen molar-refractivity contribution in [1.29, 1.82) is 0 Å². The summed E-state index contributed by atoms with van der Waals surface area (Å²) in [4.78, 5) is 0. The molecule has 2 nitrogen and oxygen atoms in total. The fourth-order valence-electron chi connectivity index (χ4n) is 2.97. The first-order valence-corrected chi connectivity index (χ1v) is 6.13. The zero-order valence-electron chi connectivity index (χ0n) is 10.1. The smallest absolute Gasteiger partial charge is 0.123 e. The SMILES string of the molecule is COc1ccc2cccc3c2c1C(CN)CC3. The van der Waals surface area contributed by atoms with Gasteiger partial charge in [0.2, 0.25) is 0 Å². The van der Waals surface area contributed by atoms with Gasteiger partial charge in [-0.05, 0) is 41.8 Å². The molecular formula is C15H17NO. The van der Waals surface area contributed by atoms with Crippen molar-refractivity contribution in [2.45, 2.75) is 18.8 Å². The molecular weight excluding hydrogens is 210 g/mol. The molecule has 88 valence electrons. The number of nitrogens with two attached hydrogens (primary N) is 1. The second kappa shape index (κ2) is 4.04. The predicted molar refractivity (Wildman–Crippen MR) is 70.6 cm³/mol. The van der Waals surface area contributed by atoms with Crippen molar-refractivity contribution in [2.75, 3.05) is 13.7 Å². The second-order valence-corrected chi connectivity index (χ2v) is 4.67. The third kappa shape index (κ3) is 1.52. The summed E-state index contributed by atoms with van der Waals surface area (Å²) in [5.41, 5.74) is 8.65. The van der Waals surface area contributed by atoms with E-state index in [0.717, 1.165) is 18.6 Å². The van der Waals surface area contributed by atoms with Crippen LogP contribution in [0.4, 0.5) is 0 Å². The summed E-state index contributed by atoms with van der Waals surface area (Å²) >= 11 is 0. The third-order valence-electron chi connectivity index (χ3n) is 3.81. The van der Waals surface area contributed by atoms with Crippen molar-refractivity contribution in [3.8, 4) is 5.75 Å². The van der Waals surface area contributed by atoms with Gasteiger partial charge in [0.15, 0.2) is 0 Å². The van der Waals surface area contributed by atoms with Crippen LogP contribution >= 0.6 is 0 Å². The topological polar surface area (TPSA) is 35.2 Å². The van der Waals surface area contributed by atoms with E-state index in [1.54, 1.807) is 7.11 Å². The van der Waals surface area contributed by atoms with Gasteiger partial charge >= 0.3 is 0 Å². The first-order chi connectivity index (χ1) is 8.35. The van der Waals surface area contributed by atoms with Gasteiger partial charge in [-0.15, -0.1) is 0 Å². The summed E-state index contributed by atoms with van der Waals surface area (Å²) in [6.45, 7) is 0.698. The standard InChI is InChI=1S/C15H17NO/c1-17-13-8-7-11-4-2-3-10-5-6-12(9-16)15(13)14(10)11/h2-4,7-8,12H,5-6,9,16H2,1H3. The molecule has 2 heteroatoms. The van der Waals surface area contributed by atoms with E-state index in [-0.39, 0.29) is 0 Å². The van der Waals surface area contributed by atoms with Crippen molar-refractivity contribution < 1.29 is 4.74 Å². The molecule has 0 radical (unpaired) electrons. The van der Waals surface area contributed by atoms with Crippen molar-refractivity contribution in [2.24, 2.45) is 5.73 Å². The molecule has 2 aromatic carbocycles. The van der Waals surface area contributed by atoms with Crippen molar-refractivity contribution in [3.05, 3.63) is 41.5 Å². The van der Waals surface area contributed by atoms with Crippen molar-refractivity contribution >= 4 is 10.8 Å². The maximum Gasteiger partial charge on any atom is 0.123 e. The van der Waals surface area contributed by atoms with Crippen molar-refractivity contribution in [1.82, 2.24) is 0 Å². The van der Waals surface area contributed by atoms with Crippen LogP contribution in [-0.4, -0.2) is 13.7 Å². The normalized spacial score (nSPS) is 18.4. The van der Waals surface area contributed by atoms with E-state index >= 15 is 0 Å². The molecule has 0 saturated heterocycles. The molecule has 3 rings (SSSR count). The van der Waals surface area contributed by atoms with Gasteiger partial charge in [-0.3, -0.25) is 0 Å². The number of ether oxygens (including phenoxy) is 1. The highest BCUT2D eigenvalue weighted by Gasteiger charge is 2.23. The predicted octanol–water partition coefficient (Wildman–Crippen LogP) is 2.84. The molecule has 0 bridgehead atoms. The molecule has 1 atom stereocenters. The minimum atomic E-state index is 0.434. The lowest BCUT2D eigenvalue weighted by molar-refractivity contribution is 0.404. The number of hydrogen-bond donors (Lipinski definition) is 1. The van der Waals surface area contributed by atoms with Gasteiger partial charge in [-0.25, -0.2) is 0 Å². The lowest BCUT2D eigenvalue weighted by Gasteiger charge is -2.26. The van der Waals surface area contributed by atoms with Gasteiger partial charge in [0, 0.05) is 11.5 Å². The fraction of sp³-hybridized carbons (Fsp3) is 0.333. The lowest BCUT2D eigenvalue weighted by atomic mass is 9.81. The molecule has 2 aromatic rings. The quantitative estimate of drug-likeness (QED) is 0.856. The monoisotopic (exact) mass is 227 g/mol. The van der Waals surface area contributed by atoms with Gasteiger partial charge < -0.3 is 10.5 Å². The molecule has 0 aliphatic heterocycles. The molecule has 1 unspecified atom stereocenters. The van der Waals surface area contributed by atoms with Gasteiger partial charge in [0.05, 0.1) is 7.11 Å². The first kappa shape index (κ1) is 10.6. The Hall–Kier alpha value is -1.54. The molecule has 0 spiro atoms. The van der Waals surface area contributed by atoms with Crippen LogP contribution in [0, 0.1) is 0 Å². The van der Waals surface area contributed by atoms with E-state index in [0.29, 0.717) is 12.5 Å². The number of hydrogen-bond acceptors (Lipinski definition) is 2. The van der Waals surface area contributed by atoms with E-state index in [4.69, 9.17) is 10.5 Å². The molecule has 2 N–H and O–H groups in total. The Labute approximate surface area is 101 Å². The Kier molecular flexibility index (Phi) is 2.52. The minimum absolute atomic E-state index is 0.434. The summed E-state index contributed by atoms with van der Waals surface area (Å²) in [6.07, 6.45) is 2.25. The maximum atomic E-state index is 5.90. The van der Waals surface area contributed by atoms with E-state index < -0.39 is 0 Å². The zero-order chi connectivity index (χ0) is 11.8. The first-order valence-electron chi connectivity index (χ1n) is 6.13. The molecule has 1 aliphatic rings. The van der Waals surface area contributed by atoms with Gasteiger partial charge in [-0.1, -0.05) is 24.3 Å². The number of methoxy groups -OCH3 is 1. The van der Waals surface area contributed by atoms with E-state index in [2.05, 4.69) is 30.3 Å². The largest absolute Gasteiger partial charge is 0.496 e. The van der Waals surface area contributed by atoms with Crippen LogP contribution < -0.4 is 10.5 Å². The van der Waals surface area contributed by atoms with Crippen LogP contribution in [0.3, 0.4) is 0 Å². The molecule has 0 aromatic heterocycles. The Bertz CT molecular complexity index is 562. The summed E-state index contributed by atoms with van der Waals surface area (Å²) in [6, 6.07) is 10.7. The van der Waals surface area contributed by atoms with Gasteiger partial charge in [0.1, 0.15) is 5.75 Å². The minimum Gasteiger partial charge on any atom is -0.496 e. The molecule has 0 saturated carbocycles. The highest BCUT2D eigenvalue weighted by molar-refractivity contribution is 5.92. The highest BCUT2D eigenvalue weighted by Crippen LogP contribution is 2.41. The molecule has 1 aliphatic carbocycles. The highest BCUT2D eigenvalue weighted by atomic mass is 16.5. The van der Waals surface area contributed by atoms with Gasteiger partial charge in [-0.2, -0.15) is 0 Å². The van der Waals surface area contributed by atoms with Crippen LogP contribution in [0.5, 0.6) is 5.75 Å². The summed E-state index contributed by atoms with van der Waals surface area (Å²) in [5, 5.41) is 2.67. The third-order valence-corrected chi connectivity index (χ3v) is 3.81. The lowest BCUT2D eigenvalue weighted by Crippen LogP contribution is -2.18. The van der Waals surface area contributed by atoms with Crippen LogP contribution in [0.15, 0.2) is 30.3 Å². The average Bonchev–Trinajstić information content (AvgIpc) is 2.40. The van der Waals surface area contributed by atoms with Crippen LogP contribution in [0.1, 0.15) is 23.5 Å². The Morgan fingerprint density at radius 3 is 2.94 bits per heavy atom. The Morgan fingerprint density at radius 2 is 2.18 bits per heavy atom. The van der Waals surface area contributed by atoms with Crippen LogP contribution in [0.25, 0.3) is 10.8 Å². The molecule has 17 heavy (non-hydrogen) atoms. The Balaban J connectivity index is 2.38. The summed E-state index contributed by atoms with van der Waals surface area (Å²) in [7, 11) is 1.74. The second-order valence-electron chi connectivity index (χ2n) is 4.67.